The molecular formula is C26H19Cl2IN2O5S. The number of hydrogen-bond acceptors (Lipinski definition) is 6. The SMILES string of the molecule is COc1cccc(/C=C2\SC(=O)N(CC(=O)Nc3ccc(I)cc3)C2=O)c1OCc1ccc(Cl)cc1Cl. The molecule has 0 aromatic heterocycles. The quantitative estimate of drug-likeness (QED) is 0.209. The topological polar surface area (TPSA) is 84.9 Å². The lowest BCUT2D eigenvalue weighted by molar-refractivity contribution is -0.127. The zero-order chi connectivity index (χ0) is 26.5. The third-order valence-electron chi connectivity index (χ3n) is 5.21. The van der Waals surface area contributed by atoms with E-state index >= 15 is 0 Å². The Morgan fingerprint density at radius 2 is 1.86 bits per heavy atom. The molecule has 7 nitrogen and oxygen atoms in total. The van der Waals surface area contributed by atoms with Gasteiger partial charge in [0.25, 0.3) is 11.1 Å². The fourth-order valence-corrected chi connectivity index (χ4v) is 5.06. The Labute approximate surface area is 241 Å². The highest BCUT2D eigenvalue weighted by atomic mass is 127. The molecule has 3 aromatic rings. The maximum absolute atomic E-state index is 13.0. The van der Waals surface area contributed by atoms with Crippen molar-refractivity contribution in [2.75, 3.05) is 19.0 Å². The molecule has 1 fully saturated rings. The highest BCUT2D eigenvalue weighted by Gasteiger charge is 2.36. The first-order valence-electron chi connectivity index (χ1n) is 10.8. The number of thioether (sulfide) groups is 1. The summed E-state index contributed by atoms with van der Waals surface area (Å²) < 4.78 is 12.5. The van der Waals surface area contributed by atoms with Crippen LogP contribution in [0.4, 0.5) is 10.5 Å². The van der Waals surface area contributed by atoms with Gasteiger partial charge in [0.05, 0.1) is 12.0 Å². The van der Waals surface area contributed by atoms with E-state index < -0.39 is 23.6 Å². The number of carbonyl (C=O) groups is 3. The van der Waals surface area contributed by atoms with Crippen LogP contribution in [0.15, 0.2) is 65.6 Å². The van der Waals surface area contributed by atoms with Gasteiger partial charge in [0.2, 0.25) is 5.91 Å². The normalized spacial score (nSPS) is 14.3. The molecule has 1 aliphatic rings. The van der Waals surface area contributed by atoms with Gasteiger partial charge in [-0.05, 0) is 82.9 Å². The molecule has 0 saturated carbocycles. The molecule has 1 aliphatic heterocycles. The maximum Gasteiger partial charge on any atom is 0.294 e. The van der Waals surface area contributed by atoms with Crippen molar-refractivity contribution in [2.24, 2.45) is 0 Å². The minimum Gasteiger partial charge on any atom is -0.493 e. The Morgan fingerprint density at radius 3 is 2.57 bits per heavy atom. The first-order chi connectivity index (χ1) is 17.7. The molecule has 0 unspecified atom stereocenters. The van der Waals surface area contributed by atoms with Crippen LogP contribution in [-0.4, -0.2) is 35.6 Å². The minimum atomic E-state index is -0.567. The van der Waals surface area contributed by atoms with Crippen molar-refractivity contribution in [2.45, 2.75) is 6.61 Å². The van der Waals surface area contributed by atoms with E-state index in [2.05, 4.69) is 27.9 Å². The number of amides is 3. The van der Waals surface area contributed by atoms with Crippen molar-refractivity contribution >= 4 is 86.4 Å². The van der Waals surface area contributed by atoms with E-state index in [1.165, 1.54) is 7.11 Å². The van der Waals surface area contributed by atoms with Gasteiger partial charge in [0.15, 0.2) is 11.5 Å². The lowest BCUT2D eigenvalue weighted by Gasteiger charge is -2.15. The van der Waals surface area contributed by atoms with E-state index in [0.29, 0.717) is 38.4 Å². The molecule has 190 valence electrons. The summed E-state index contributed by atoms with van der Waals surface area (Å²) >= 11 is 15.1. The summed E-state index contributed by atoms with van der Waals surface area (Å²) in [6.07, 6.45) is 1.54. The van der Waals surface area contributed by atoms with E-state index in [0.717, 1.165) is 20.2 Å². The smallest absolute Gasteiger partial charge is 0.294 e. The Hall–Kier alpha value is -2.73. The molecule has 0 spiro atoms. The van der Waals surface area contributed by atoms with Crippen molar-refractivity contribution in [3.63, 3.8) is 0 Å². The molecule has 11 heteroatoms. The third kappa shape index (κ3) is 6.78. The fourth-order valence-electron chi connectivity index (χ4n) is 3.41. The first kappa shape index (κ1) is 27.3. The number of nitrogens with zero attached hydrogens (tertiary/aromatic N) is 1. The summed E-state index contributed by atoms with van der Waals surface area (Å²) in [6.45, 7) is -0.276. The molecule has 1 saturated heterocycles. The third-order valence-corrected chi connectivity index (χ3v) is 7.42. The number of halogens is 3. The van der Waals surface area contributed by atoms with E-state index in [9.17, 15) is 14.4 Å². The van der Waals surface area contributed by atoms with Crippen molar-refractivity contribution in [3.05, 3.63) is 90.3 Å². The highest BCUT2D eigenvalue weighted by molar-refractivity contribution is 14.1. The van der Waals surface area contributed by atoms with Crippen LogP contribution in [0.5, 0.6) is 11.5 Å². The van der Waals surface area contributed by atoms with Crippen LogP contribution >= 0.6 is 57.6 Å². The predicted octanol–water partition coefficient (Wildman–Crippen LogP) is 6.86. The summed E-state index contributed by atoms with van der Waals surface area (Å²) in [4.78, 5) is 39.1. The van der Waals surface area contributed by atoms with Crippen LogP contribution in [0.25, 0.3) is 6.08 Å². The predicted molar refractivity (Wildman–Crippen MR) is 154 cm³/mol. The summed E-state index contributed by atoms with van der Waals surface area (Å²) in [5.74, 6) is -0.230. The molecule has 3 aromatic carbocycles. The second-order valence-electron chi connectivity index (χ2n) is 7.73. The number of hydrogen-bond donors (Lipinski definition) is 1. The van der Waals surface area contributed by atoms with E-state index in [-0.39, 0.29) is 11.5 Å². The van der Waals surface area contributed by atoms with Crippen LogP contribution in [-0.2, 0) is 16.2 Å². The standard InChI is InChI=1S/C26H19Cl2IN2O5S/c1-35-21-4-2-3-15(24(21)36-14-16-5-6-17(27)12-20(16)28)11-22-25(33)31(26(34)37-22)13-23(32)30-19-9-7-18(29)8-10-19/h2-12H,13-14H2,1H3,(H,30,32)/b22-11-. The van der Waals surface area contributed by atoms with Gasteiger partial charge < -0.3 is 14.8 Å². The Bertz CT molecular complexity index is 1400. The molecule has 37 heavy (non-hydrogen) atoms. The van der Waals surface area contributed by atoms with Crippen molar-refractivity contribution < 1.29 is 23.9 Å². The molecule has 0 atom stereocenters. The molecule has 0 aliphatic carbocycles. The molecule has 1 N–H and O–H groups in total. The van der Waals surface area contributed by atoms with Crippen molar-refractivity contribution in [1.82, 2.24) is 4.90 Å². The Balaban J connectivity index is 1.51. The van der Waals surface area contributed by atoms with Gasteiger partial charge in [-0.1, -0.05) is 41.4 Å². The molecule has 4 rings (SSSR count). The molecule has 1 heterocycles. The van der Waals surface area contributed by atoms with Crippen LogP contribution in [0, 0.1) is 3.57 Å². The van der Waals surface area contributed by atoms with Crippen LogP contribution in [0.3, 0.4) is 0 Å². The van der Waals surface area contributed by atoms with Gasteiger partial charge in [-0.2, -0.15) is 0 Å². The van der Waals surface area contributed by atoms with Crippen LogP contribution in [0.2, 0.25) is 10.0 Å². The minimum absolute atomic E-state index is 0.122. The number of imide groups is 1. The van der Waals surface area contributed by atoms with E-state index in [1.807, 2.05) is 12.1 Å². The number of para-hydroxylation sites is 1. The van der Waals surface area contributed by atoms with Gasteiger partial charge in [-0.3, -0.25) is 19.3 Å². The monoisotopic (exact) mass is 668 g/mol. The molecule has 0 radical (unpaired) electrons. The number of carbonyl (C=O) groups excluding carboxylic acids is 3. The molecule has 0 bridgehead atoms. The largest absolute Gasteiger partial charge is 0.493 e. The van der Waals surface area contributed by atoms with E-state index in [4.69, 9.17) is 32.7 Å². The number of ether oxygens (including phenoxy) is 2. The van der Waals surface area contributed by atoms with Crippen LogP contribution in [0.1, 0.15) is 11.1 Å². The average Bonchev–Trinajstić information content (AvgIpc) is 3.12. The van der Waals surface area contributed by atoms with Crippen molar-refractivity contribution in [1.29, 1.82) is 0 Å². The average molecular weight is 669 g/mol. The van der Waals surface area contributed by atoms with Crippen molar-refractivity contribution in [3.8, 4) is 11.5 Å². The second kappa shape index (κ2) is 12.2. The Morgan fingerprint density at radius 1 is 1.11 bits per heavy atom. The van der Waals surface area contributed by atoms with Gasteiger partial charge in [0, 0.05) is 30.4 Å². The number of rotatable bonds is 8. The maximum atomic E-state index is 13.0. The van der Waals surface area contributed by atoms with Crippen LogP contribution < -0.4 is 14.8 Å². The van der Waals surface area contributed by atoms with Gasteiger partial charge >= 0.3 is 0 Å². The van der Waals surface area contributed by atoms with Gasteiger partial charge in [0.1, 0.15) is 13.2 Å². The number of benzene rings is 3. The summed E-state index contributed by atoms with van der Waals surface area (Å²) in [5.41, 5.74) is 1.81. The first-order valence-corrected chi connectivity index (χ1v) is 13.4. The lowest BCUT2D eigenvalue weighted by atomic mass is 10.1. The van der Waals surface area contributed by atoms with Gasteiger partial charge in [-0.25, -0.2) is 0 Å². The zero-order valence-electron chi connectivity index (χ0n) is 19.3. The number of nitrogens with one attached hydrogen (secondary N) is 1. The number of anilines is 1. The number of methoxy groups -OCH3 is 1. The lowest BCUT2D eigenvalue weighted by Crippen LogP contribution is -2.36. The fraction of sp³-hybridized carbons (Fsp3) is 0.115. The zero-order valence-corrected chi connectivity index (χ0v) is 23.8. The molecule has 3 amide bonds. The summed E-state index contributed by atoms with van der Waals surface area (Å²) in [5, 5.41) is 3.12. The molecular weight excluding hydrogens is 650 g/mol. The second-order valence-corrected chi connectivity index (χ2v) is 10.8. The van der Waals surface area contributed by atoms with Gasteiger partial charge in [-0.15, -0.1) is 0 Å². The summed E-state index contributed by atoms with van der Waals surface area (Å²) in [7, 11) is 1.50. The van der Waals surface area contributed by atoms with E-state index in [1.54, 1.807) is 54.6 Å². The highest BCUT2D eigenvalue weighted by Crippen LogP contribution is 2.38. The Kier molecular flexibility index (Phi) is 9.01. The summed E-state index contributed by atoms with van der Waals surface area (Å²) in [6, 6.07) is 17.5.